The molecule has 237 valence electrons. The number of Topliss-reactive ketones (excluding diaryl/α,β-unsaturated/α-hetero) is 1. The lowest BCUT2D eigenvalue weighted by atomic mass is 10.00. The zero-order valence-electron chi connectivity index (χ0n) is 25.9. The Hall–Kier alpha value is -3.55. The van der Waals surface area contributed by atoms with Crippen LogP contribution in [0.3, 0.4) is 0 Å². The third-order valence-corrected chi connectivity index (χ3v) is 6.92. The van der Waals surface area contributed by atoms with Crippen molar-refractivity contribution in [1.29, 1.82) is 0 Å². The van der Waals surface area contributed by atoms with Crippen molar-refractivity contribution in [3.63, 3.8) is 0 Å². The lowest BCUT2D eigenvalue weighted by Crippen LogP contribution is -2.59. The number of rotatable bonds is 14. The maximum absolute atomic E-state index is 13.2. The van der Waals surface area contributed by atoms with Crippen LogP contribution in [0.25, 0.3) is 0 Å². The second-order valence-corrected chi connectivity index (χ2v) is 11.4. The van der Waals surface area contributed by atoms with E-state index in [1.54, 1.807) is 27.7 Å². The Labute approximate surface area is 247 Å². The highest BCUT2D eigenvalue weighted by atomic mass is 16.6. The molecule has 1 radical (unpaired) electrons. The van der Waals surface area contributed by atoms with Crippen molar-refractivity contribution in [2.75, 3.05) is 6.54 Å². The van der Waals surface area contributed by atoms with Crippen LogP contribution in [-0.2, 0) is 43.0 Å². The van der Waals surface area contributed by atoms with E-state index in [2.05, 4.69) is 16.0 Å². The molecule has 4 amide bonds. The van der Waals surface area contributed by atoms with Crippen LogP contribution in [0.5, 0.6) is 0 Å². The highest BCUT2D eigenvalue weighted by molar-refractivity contribution is 5.95. The Morgan fingerprint density at radius 1 is 0.738 bits per heavy atom. The number of nitrogens with zero attached hydrogens (tertiary/aromatic N) is 1. The maximum atomic E-state index is 13.2. The number of ketones is 1. The molecule has 7 atom stereocenters. The fourth-order valence-electron chi connectivity index (χ4n) is 4.13. The van der Waals surface area contributed by atoms with Crippen molar-refractivity contribution in [2.24, 2.45) is 11.8 Å². The number of nitrogens with one attached hydrogen (secondary N) is 4. The molecule has 1 rings (SSSR count). The summed E-state index contributed by atoms with van der Waals surface area (Å²) >= 11 is 0. The monoisotopic (exact) mass is 596 g/mol. The van der Waals surface area contributed by atoms with Gasteiger partial charge in [0.1, 0.15) is 24.2 Å². The van der Waals surface area contributed by atoms with E-state index in [0.29, 0.717) is 19.4 Å². The summed E-state index contributed by atoms with van der Waals surface area (Å²) in [6, 6.07) is -5.10. The predicted octanol–water partition coefficient (Wildman–Crippen LogP) is -0.112. The van der Waals surface area contributed by atoms with Crippen LogP contribution in [-0.4, -0.2) is 95.2 Å². The molecule has 1 fully saturated rings. The van der Waals surface area contributed by atoms with Crippen molar-refractivity contribution in [1.82, 2.24) is 26.6 Å². The number of hydrogen-bond acceptors (Lipinski definition) is 9. The molecule has 0 bridgehead atoms. The van der Waals surface area contributed by atoms with Crippen molar-refractivity contribution in [3.05, 3.63) is 0 Å². The van der Waals surface area contributed by atoms with Crippen LogP contribution >= 0.6 is 0 Å². The molecule has 1 heterocycles. The molecule has 14 heteroatoms. The van der Waals surface area contributed by atoms with E-state index >= 15 is 0 Å². The van der Waals surface area contributed by atoms with E-state index in [1.807, 2.05) is 0 Å². The summed E-state index contributed by atoms with van der Waals surface area (Å²) in [5, 5.41) is 7.76. The second-order valence-electron chi connectivity index (χ2n) is 11.4. The van der Waals surface area contributed by atoms with Crippen LogP contribution in [0.4, 0.5) is 0 Å². The number of carbonyl (C=O) groups is 7. The maximum Gasteiger partial charge on any atom is 0.347 e. The van der Waals surface area contributed by atoms with E-state index in [9.17, 15) is 33.6 Å². The van der Waals surface area contributed by atoms with E-state index < -0.39 is 89.8 Å². The summed E-state index contributed by atoms with van der Waals surface area (Å²) in [5.41, 5.74) is 7.65. The largest absolute Gasteiger partial charge is 0.452 e. The highest BCUT2D eigenvalue weighted by Gasteiger charge is 2.37. The molecule has 1 aliphatic heterocycles. The molecule has 0 aromatic carbocycles. The first-order chi connectivity index (χ1) is 19.4. The van der Waals surface area contributed by atoms with Gasteiger partial charge in [-0.25, -0.2) is 15.3 Å². The average molecular weight is 597 g/mol. The fraction of sp³-hybridized carbons (Fsp3) is 0.750. The number of likely N-dealkylation sites (tertiary alicyclic amines) is 1. The average Bonchev–Trinajstić information content (AvgIpc) is 3.38. The van der Waals surface area contributed by atoms with Gasteiger partial charge in [-0.15, -0.1) is 0 Å². The lowest BCUT2D eigenvalue weighted by molar-refractivity contribution is -0.172. The van der Waals surface area contributed by atoms with Gasteiger partial charge in [-0.3, -0.25) is 24.0 Å². The third kappa shape index (κ3) is 10.4. The number of hydrogen-bond donors (Lipinski definition) is 3. The van der Waals surface area contributed by atoms with Gasteiger partial charge >= 0.3 is 11.9 Å². The summed E-state index contributed by atoms with van der Waals surface area (Å²) in [7, 11) is 0. The lowest BCUT2D eigenvalue weighted by Gasteiger charge is -2.29. The number of amides is 4. The van der Waals surface area contributed by atoms with Crippen LogP contribution in [0, 0.1) is 11.8 Å². The first-order valence-corrected chi connectivity index (χ1v) is 14.2. The van der Waals surface area contributed by atoms with Gasteiger partial charge in [0.15, 0.2) is 18.0 Å². The first kappa shape index (κ1) is 36.5. The highest BCUT2D eigenvalue weighted by Crippen LogP contribution is 2.19. The summed E-state index contributed by atoms with van der Waals surface area (Å²) in [5.74, 6) is -5.37. The molecule has 7 unspecified atom stereocenters. The molecule has 1 aliphatic rings. The fourth-order valence-corrected chi connectivity index (χ4v) is 4.13. The third-order valence-electron chi connectivity index (χ3n) is 6.92. The van der Waals surface area contributed by atoms with Gasteiger partial charge in [0, 0.05) is 6.54 Å². The van der Waals surface area contributed by atoms with Crippen LogP contribution in [0.15, 0.2) is 0 Å². The van der Waals surface area contributed by atoms with Gasteiger partial charge in [-0.2, -0.15) is 0 Å². The zero-order valence-corrected chi connectivity index (χ0v) is 25.9. The first-order valence-electron chi connectivity index (χ1n) is 14.2. The zero-order chi connectivity index (χ0) is 32.5. The van der Waals surface area contributed by atoms with Gasteiger partial charge in [0.05, 0.1) is 6.04 Å². The van der Waals surface area contributed by atoms with Crippen LogP contribution in [0.2, 0.25) is 0 Å². The smallest absolute Gasteiger partial charge is 0.347 e. The molecule has 4 N–H and O–H groups in total. The number of esters is 2. The Balaban J connectivity index is 2.86. The number of ether oxygens (including phenoxy) is 2. The molecular formula is C28H46N5O9. The molecular weight excluding hydrogens is 550 g/mol. The van der Waals surface area contributed by atoms with Gasteiger partial charge in [-0.1, -0.05) is 27.7 Å². The molecule has 0 aliphatic carbocycles. The minimum atomic E-state index is -1.34. The second kappa shape index (κ2) is 16.2. The molecule has 1 saturated heterocycles. The van der Waals surface area contributed by atoms with Crippen molar-refractivity contribution >= 4 is 41.4 Å². The van der Waals surface area contributed by atoms with Gasteiger partial charge < -0.3 is 30.3 Å². The van der Waals surface area contributed by atoms with Gasteiger partial charge in [0.2, 0.25) is 23.6 Å². The van der Waals surface area contributed by atoms with E-state index in [0.717, 1.165) is 0 Å². The van der Waals surface area contributed by atoms with Crippen molar-refractivity contribution in [2.45, 2.75) is 118 Å². The summed E-state index contributed by atoms with van der Waals surface area (Å²) < 4.78 is 10.2. The topological polar surface area (TPSA) is 201 Å². The predicted molar refractivity (Wildman–Crippen MR) is 150 cm³/mol. The number of carbonyl (C=O) groups excluding carboxylic acids is 7. The SMILES string of the molecule is CC(=O)C(C)OC(=O)C(C)OC(=O)C(NC(=O)C(NC(=O)C(C)NC(=O)C1CCCN1C(=O)C(C)[NH])C(C)C)C(C)C. The minimum Gasteiger partial charge on any atom is -0.452 e. The Morgan fingerprint density at radius 2 is 1.26 bits per heavy atom. The molecule has 14 nitrogen and oxygen atoms in total. The minimum absolute atomic E-state index is 0.354. The standard InChI is InChI=1S/C28H46N5O9/c1-13(2)21(31-23(35)16(6)30-24(36)20-11-10-12-33(20)26(38)15(5)29)25(37)32-22(14(3)4)28(40)42-19(9)27(39)41-18(8)17(7)34/h13-16,18-22,29H,10-12H2,1-9H3,(H,30,36)(H,31,35)(H,32,37). The van der Waals surface area contributed by atoms with Crippen LogP contribution in [0.1, 0.15) is 75.2 Å². The summed E-state index contributed by atoms with van der Waals surface area (Å²) in [6.45, 7) is 13.9. The quantitative estimate of drug-likeness (QED) is 0.229. The normalized spacial score (nSPS) is 19.1. The van der Waals surface area contributed by atoms with Gasteiger partial charge in [-0.05, 0) is 59.3 Å². The van der Waals surface area contributed by atoms with Crippen molar-refractivity contribution in [3.8, 4) is 0 Å². The molecule has 0 aromatic heterocycles. The summed E-state index contributed by atoms with van der Waals surface area (Å²) in [6.07, 6.45) is -1.33. The molecule has 0 saturated carbocycles. The van der Waals surface area contributed by atoms with E-state index in [4.69, 9.17) is 15.2 Å². The Kier molecular flexibility index (Phi) is 14.1. The summed E-state index contributed by atoms with van der Waals surface area (Å²) in [4.78, 5) is 89.0. The Bertz CT molecular complexity index is 1030. The van der Waals surface area contributed by atoms with Gasteiger partial charge in [0.25, 0.3) is 0 Å². The Morgan fingerprint density at radius 3 is 1.76 bits per heavy atom. The van der Waals surface area contributed by atoms with Crippen LogP contribution < -0.4 is 21.7 Å². The van der Waals surface area contributed by atoms with E-state index in [1.165, 1.54) is 39.5 Å². The molecule has 0 aromatic rings. The van der Waals surface area contributed by atoms with E-state index in [-0.39, 0.29) is 5.78 Å². The van der Waals surface area contributed by atoms with Crippen molar-refractivity contribution < 1.29 is 43.0 Å². The molecule has 42 heavy (non-hydrogen) atoms. The molecule has 0 spiro atoms.